The highest BCUT2D eigenvalue weighted by Gasteiger charge is 2.12. The Bertz CT molecular complexity index is 790. The van der Waals surface area contributed by atoms with Crippen LogP contribution in [0.4, 0.5) is 5.69 Å². The number of nitrogens with one attached hydrogen (secondary N) is 2. The van der Waals surface area contributed by atoms with Crippen molar-refractivity contribution in [1.82, 2.24) is 5.43 Å². The summed E-state index contributed by atoms with van der Waals surface area (Å²) in [5.41, 5.74) is 4.37. The highest BCUT2D eigenvalue weighted by Crippen LogP contribution is 2.21. The van der Waals surface area contributed by atoms with Crippen LogP contribution >= 0.6 is 15.9 Å². The largest absolute Gasteiger partial charge is 0.496 e. The predicted molar refractivity (Wildman–Crippen MR) is 96.2 cm³/mol. The van der Waals surface area contributed by atoms with E-state index in [2.05, 4.69) is 31.8 Å². The van der Waals surface area contributed by atoms with E-state index in [0.29, 0.717) is 17.0 Å². The lowest BCUT2D eigenvalue weighted by atomic mass is 10.2. The van der Waals surface area contributed by atoms with E-state index in [1.54, 1.807) is 30.3 Å². The molecule has 2 aromatic carbocycles. The third kappa shape index (κ3) is 4.92. The van der Waals surface area contributed by atoms with Gasteiger partial charge in [-0.25, -0.2) is 5.43 Å². The van der Waals surface area contributed by atoms with Crippen LogP contribution in [0.3, 0.4) is 0 Å². The van der Waals surface area contributed by atoms with E-state index in [1.807, 2.05) is 19.1 Å². The first kappa shape index (κ1) is 17.7. The van der Waals surface area contributed by atoms with Gasteiger partial charge in [0.05, 0.1) is 13.3 Å². The minimum absolute atomic E-state index is 0.549. The summed E-state index contributed by atoms with van der Waals surface area (Å²) in [6.45, 7) is 1.89. The van der Waals surface area contributed by atoms with Crippen LogP contribution in [0.1, 0.15) is 11.1 Å². The summed E-state index contributed by atoms with van der Waals surface area (Å²) in [4.78, 5) is 23.6. The quantitative estimate of drug-likeness (QED) is 0.479. The fourth-order valence-corrected chi connectivity index (χ4v) is 2.31. The molecule has 0 fully saturated rings. The van der Waals surface area contributed by atoms with Crippen LogP contribution in [0.25, 0.3) is 0 Å². The van der Waals surface area contributed by atoms with Gasteiger partial charge in [-0.05, 0) is 42.8 Å². The Morgan fingerprint density at radius 2 is 1.96 bits per heavy atom. The normalized spacial score (nSPS) is 10.5. The number of hydrogen-bond donors (Lipinski definition) is 2. The Morgan fingerprint density at radius 1 is 1.17 bits per heavy atom. The highest BCUT2D eigenvalue weighted by atomic mass is 79.9. The Balaban J connectivity index is 1.97. The van der Waals surface area contributed by atoms with Crippen molar-refractivity contribution in [2.45, 2.75) is 6.92 Å². The molecule has 0 unspecified atom stereocenters. The topological polar surface area (TPSA) is 79.8 Å². The number of halogens is 1. The average Bonchev–Trinajstić information content (AvgIpc) is 2.55. The Labute approximate surface area is 148 Å². The molecular weight excluding hydrogens is 374 g/mol. The molecule has 0 spiro atoms. The maximum absolute atomic E-state index is 11.8. The van der Waals surface area contributed by atoms with Gasteiger partial charge in [-0.1, -0.05) is 28.1 Å². The molecule has 0 bridgehead atoms. The SMILES string of the molecule is COc1ccc(Br)cc1/C=N/NC(=O)C(=O)Nc1cccc(C)c1. The van der Waals surface area contributed by atoms with Gasteiger partial charge in [-0.3, -0.25) is 9.59 Å². The second-order valence-electron chi connectivity index (χ2n) is 4.91. The van der Waals surface area contributed by atoms with Crippen LogP contribution in [-0.4, -0.2) is 25.1 Å². The van der Waals surface area contributed by atoms with Crippen molar-refractivity contribution < 1.29 is 14.3 Å². The minimum atomic E-state index is -0.860. The van der Waals surface area contributed by atoms with E-state index in [4.69, 9.17) is 4.74 Å². The number of carbonyl (C=O) groups excluding carboxylic acids is 2. The number of aryl methyl sites for hydroxylation is 1. The zero-order valence-electron chi connectivity index (χ0n) is 13.2. The Hall–Kier alpha value is -2.67. The smallest absolute Gasteiger partial charge is 0.329 e. The first-order chi connectivity index (χ1) is 11.5. The summed E-state index contributed by atoms with van der Waals surface area (Å²) in [6, 6.07) is 12.5. The van der Waals surface area contributed by atoms with Gasteiger partial charge in [0.15, 0.2) is 0 Å². The summed E-state index contributed by atoms with van der Waals surface area (Å²) in [7, 11) is 1.54. The molecule has 0 heterocycles. The number of rotatable bonds is 4. The monoisotopic (exact) mass is 389 g/mol. The first-order valence-electron chi connectivity index (χ1n) is 7.04. The number of hydrogen-bond acceptors (Lipinski definition) is 4. The predicted octanol–water partition coefficient (Wildman–Crippen LogP) is 2.85. The second-order valence-corrected chi connectivity index (χ2v) is 5.82. The molecule has 0 atom stereocenters. The number of nitrogens with zero attached hydrogens (tertiary/aromatic N) is 1. The number of methoxy groups -OCH3 is 1. The van der Waals surface area contributed by atoms with E-state index in [0.717, 1.165) is 10.0 Å². The second kappa shape index (κ2) is 8.26. The van der Waals surface area contributed by atoms with Gasteiger partial charge in [-0.15, -0.1) is 0 Å². The minimum Gasteiger partial charge on any atom is -0.496 e. The molecule has 0 saturated heterocycles. The molecule has 0 aliphatic heterocycles. The average molecular weight is 390 g/mol. The molecule has 7 heteroatoms. The van der Waals surface area contributed by atoms with Crippen LogP contribution in [0.2, 0.25) is 0 Å². The van der Waals surface area contributed by atoms with Gasteiger partial charge in [0, 0.05) is 15.7 Å². The number of benzene rings is 2. The first-order valence-corrected chi connectivity index (χ1v) is 7.83. The molecule has 6 nitrogen and oxygen atoms in total. The van der Waals surface area contributed by atoms with Crippen molar-refractivity contribution in [2.75, 3.05) is 12.4 Å². The van der Waals surface area contributed by atoms with Crippen molar-refractivity contribution in [3.8, 4) is 5.75 Å². The Morgan fingerprint density at radius 3 is 2.67 bits per heavy atom. The number of carbonyl (C=O) groups is 2. The number of ether oxygens (including phenoxy) is 1. The van der Waals surface area contributed by atoms with E-state index < -0.39 is 11.8 Å². The summed E-state index contributed by atoms with van der Waals surface area (Å²) in [6.07, 6.45) is 1.40. The fraction of sp³-hybridized carbons (Fsp3) is 0.118. The lowest BCUT2D eigenvalue weighted by Gasteiger charge is -2.05. The van der Waals surface area contributed by atoms with E-state index >= 15 is 0 Å². The zero-order valence-corrected chi connectivity index (χ0v) is 14.8. The third-order valence-corrected chi connectivity index (χ3v) is 3.54. The third-order valence-electron chi connectivity index (χ3n) is 3.04. The fourth-order valence-electron chi connectivity index (χ4n) is 1.93. The molecule has 124 valence electrons. The standard InChI is InChI=1S/C17H16BrN3O3/c1-11-4-3-5-14(8-11)20-16(22)17(23)21-19-10-12-9-13(18)6-7-15(12)24-2/h3-10H,1-2H3,(H,20,22)(H,21,23)/b19-10+. The highest BCUT2D eigenvalue weighted by molar-refractivity contribution is 9.10. The molecular formula is C17H16BrN3O3. The van der Waals surface area contributed by atoms with Crippen LogP contribution < -0.4 is 15.5 Å². The Kier molecular flexibility index (Phi) is 6.08. The van der Waals surface area contributed by atoms with Gasteiger partial charge in [-0.2, -0.15) is 5.10 Å². The maximum Gasteiger partial charge on any atom is 0.329 e. The number of amides is 2. The molecule has 0 aromatic heterocycles. The van der Waals surface area contributed by atoms with Crippen molar-refractivity contribution in [3.05, 3.63) is 58.1 Å². The molecule has 2 N–H and O–H groups in total. The van der Waals surface area contributed by atoms with Gasteiger partial charge in [0.1, 0.15) is 5.75 Å². The van der Waals surface area contributed by atoms with Crippen molar-refractivity contribution >= 4 is 39.6 Å². The number of anilines is 1. The van der Waals surface area contributed by atoms with Crippen molar-refractivity contribution in [3.63, 3.8) is 0 Å². The molecule has 2 aromatic rings. The van der Waals surface area contributed by atoms with Crippen LogP contribution in [0.5, 0.6) is 5.75 Å². The van der Waals surface area contributed by atoms with Crippen LogP contribution in [-0.2, 0) is 9.59 Å². The molecule has 0 radical (unpaired) electrons. The molecule has 24 heavy (non-hydrogen) atoms. The molecule has 2 rings (SSSR count). The molecule has 2 amide bonds. The lowest BCUT2D eigenvalue weighted by Crippen LogP contribution is -2.32. The zero-order chi connectivity index (χ0) is 17.5. The van der Waals surface area contributed by atoms with Gasteiger partial charge in [0.25, 0.3) is 0 Å². The van der Waals surface area contributed by atoms with Gasteiger partial charge >= 0.3 is 11.8 Å². The van der Waals surface area contributed by atoms with Crippen LogP contribution in [0, 0.1) is 6.92 Å². The van der Waals surface area contributed by atoms with Crippen LogP contribution in [0.15, 0.2) is 52.0 Å². The maximum atomic E-state index is 11.8. The van der Waals surface area contributed by atoms with E-state index in [9.17, 15) is 9.59 Å². The summed E-state index contributed by atoms with van der Waals surface area (Å²) in [5, 5.41) is 6.29. The van der Waals surface area contributed by atoms with E-state index in [1.165, 1.54) is 13.3 Å². The molecule has 0 aliphatic rings. The van der Waals surface area contributed by atoms with Crippen molar-refractivity contribution in [2.24, 2.45) is 5.10 Å². The lowest BCUT2D eigenvalue weighted by molar-refractivity contribution is -0.136. The number of hydrazone groups is 1. The molecule has 0 aliphatic carbocycles. The van der Waals surface area contributed by atoms with Gasteiger partial charge < -0.3 is 10.1 Å². The molecule has 0 saturated carbocycles. The van der Waals surface area contributed by atoms with Gasteiger partial charge in [0.2, 0.25) is 0 Å². The summed E-state index contributed by atoms with van der Waals surface area (Å²) in [5.74, 6) is -1.05. The summed E-state index contributed by atoms with van der Waals surface area (Å²) < 4.78 is 6.03. The summed E-state index contributed by atoms with van der Waals surface area (Å²) >= 11 is 3.34. The van der Waals surface area contributed by atoms with Crippen molar-refractivity contribution in [1.29, 1.82) is 0 Å². The van der Waals surface area contributed by atoms with E-state index in [-0.39, 0.29) is 0 Å².